The van der Waals surface area contributed by atoms with Gasteiger partial charge in [0.1, 0.15) is 12.7 Å². The average Bonchev–Trinajstić information content (AvgIpc) is 3.34. The number of benzene rings is 1. The Balaban J connectivity index is 1.78. The van der Waals surface area contributed by atoms with Crippen molar-refractivity contribution >= 4 is 17.2 Å². The van der Waals surface area contributed by atoms with Crippen molar-refractivity contribution in [1.29, 1.82) is 0 Å². The van der Waals surface area contributed by atoms with Crippen LogP contribution in [-0.2, 0) is 17.6 Å². The molecule has 1 N–H and O–H groups in total. The fourth-order valence-corrected chi connectivity index (χ4v) is 3.86. The van der Waals surface area contributed by atoms with E-state index in [0.29, 0.717) is 6.42 Å². The molecule has 142 valence electrons. The molecule has 3 aromatic rings. The van der Waals surface area contributed by atoms with E-state index in [9.17, 15) is 4.79 Å². The summed E-state index contributed by atoms with van der Waals surface area (Å²) in [4.78, 5) is 21.2. The van der Waals surface area contributed by atoms with E-state index in [2.05, 4.69) is 65.4 Å². The Morgan fingerprint density at radius 2 is 2.04 bits per heavy atom. The van der Waals surface area contributed by atoms with E-state index in [1.54, 1.807) is 17.7 Å². The van der Waals surface area contributed by atoms with Crippen LogP contribution in [0.2, 0.25) is 0 Å². The van der Waals surface area contributed by atoms with Crippen LogP contribution in [0.15, 0.2) is 42.3 Å². The van der Waals surface area contributed by atoms with Crippen molar-refractivity contribution in [2.75, 3.05) is 0 Å². The van der Waals surface area contributed by atoms with Crippen molar-refractivity contribution in [2.45, 2.75) is 52.1 Å². The van der Waals surface area contributed by atoms with Crippen molar-refractivity contribution in [3.8, 4) is 0 Å². The van der Waals surface area contributed by atoms with Crippen LogP contribution in [0.4, 0.5) is 0 Å². The smallest absolute Gasteiger partial charge is 0.226 e. The van der Waals surface area contributed by atoms with Gasteiger partial charge in [0.05, 0.1) is 29.2 Å². The Morgan fingerprint density at radius 1 is 1.26 bits per heavy atom. The Labute approximate surface area is 163 Å². The third-order valence-electron chi connectivity index (χ3n) is 4.55. The second kappa shape index (κ2) is 8.90. The van der Waals surface area contributed by atoms with Gasteiger partial charge in [0.25, 0.3) is 0 Å². The first-order chi connectivity index (χ1) is 13.1. The largest absolute Gasteiger partial charge is 0.351 e. The zero-order valence-electron chi connectivity index (χ0n) is 15.9. The molecule has 0 aliphatic rings. The van der Waals surface area contributed by atoms with E-state index < -0.39 is 0 Å². The van der Waals surface area contributed by atoms with E-state index in [-0.39, 0.29) is 18.0 Å². The van der Waals surface area contributed by atoms with Gasteiger partial charge >= 0.3 is 0 Å². The zero-order valence-corrected chi connectivity index (χ0v) is 16.7. The van der Waals surface area contributed by atoms with E-state index >= 15 is 0 Å². The standard InChI is InChI=1S/C20H25N5OS/c1-4-17(24-18(26)10-16-11-27-19(5-2)23-16)20(25-13-21-12-22-25)15-8-6-14(3)7-9-15/h6-9,11-13,17,20H,4-5,10H2,1-3H3,(H,24,26). The topological polar surface area (TPSA) is 72.7 Å². The second-order valence-electron chi connectivity index (χ2n) is 6.58. The normalized spacial score (nSPS) is 13.3. The Bertz CT molecular complexity index is 857. The van der Waals surface area contributed by atoms with Gasteiger partial charge in [-0.15, -0.1) is 11.3 Å². The molecule has 0 spiro atoms. The molecule has 2 unspecified atom stereocenters. The van der Waals surface area contributed by atoms with Crippen molar-refractivity contribution in [3.05, 3.63) is 64.1 Å². The molecule has 27 heavy (non-hydrogen) atoms. The average molecular weight is 384 g/mol. The van der Waals surface area contributed by atoms with Gasteiger partial charge < -0.3 is 5.32 Å². The minimum atomic E-state index is -0.108. The van der Waals surface area contributed by atoms with Gasteiger partial charge in [-0.1, -0.05) is 43.7 Å². The van der Waals surface area contributed by atoms with Gasteiger partial charge in [-0.05, 0) is 25.3 Å². The third kappa shape index (κ3) is 4.80. The second-order valence-corrected chi connectivity index (χ2v) is 7.52. The monoisotopic (exact) mass is 383 g/mol. The Kier molecular flexibility index (Phi) is 6.34. The summed E-state index contributed by atoms with van der Waals surface area (Å²) in [5.41, 5.74) is 3.13. The van der Waals surface area contributed by atoms with Crippen LogP contribution in [0.5, 0.6) is 0 Å². The van der Waals surface area contributed by atoms with E-state index in [0.717, 1.165) is 29.1 Å². The lowest BCUT2D eigenvalue weighted by Gasteiger charge is -2.27. The Morgan fingerprint density at radius 3 is 2.63 bits per heavy atom. The summed E-state index contributed by atoms with van der Waals surface area (Å²) in [7, 11) is 0. The first-order valence-electron chi connectivity index (χ1n) is 9.24. The fraction of sp³-hybridized carbons (Fsp3) is 0.400. The van der Waals surface area contributed by atoms with Crippen molar-refractivity contribution in [3.63, 3.8) is 0 Å². The van der Waals surface area contributed by atoms with E-state index in [1.165, 1.54) is 11.9 Å². The molecule has 0 saturated heterocycles. The maximum Gasteiger partial charge on any atom is 0.226 e. The quantitative estimate of drug-likeness (QED) is 0.648. The summed E-state index contributed by atoms with van der Waals surface area (Å²) in [5.74, 6) is -0.0213. The molecule has 0 aliphatic carbocycles. The first-order valence-corrected chi connectivity index (χ1v) is 10.1. The highest BCUT2D eigenvalue weighted by atomic mass is 32.1. The van der Waals surface area contributed by atoms with Crippen molar-refractivity contribution in [2.24, 2.45) is 0 Å². The summed E-state index contributed by atoms with van der Waals surface area (Å²) in [6, 6.07) is 8.13. The number of carbonyl (C=O) groups is 1. The van der Waals surface area contributed by atoms with Crippen molar-refractivity contribution in [1.82, 2.24) is 25.1 Å². The van der Waals surface area contributed by atoms with E-state index in [4.69, 9.17) is 0 Å². The lowest BCUT2D eigenvalue weighted by atomic mass is 9.96. The number of aryl methyl sites for hydroxylation is 2. The number of hydrogen-bond acceptors (Lipinski definition) is 5. The van der Waals surface area contributed by atoms with Crippen LogP contribution in [0.25, 0.3) is 0 Å². The number of nitrogens with one attached hydrogen (secondary N) is 1. The fourth-order valence-electron chi connectivity index (χ4n) is 3.11. The molecule has 2 heterocycles. The van der Waals surface area contributed by atoms with Gasteiger partial charge in [-0.3, -0.25) is 4.79 Å². The molecule has 3 rings (SSSR count). The van der Waals surface area contributed by atoms with Crippen LogP contribution in [-0.4, -0.2) is 31.7 Å². The molecule has 2 atom stereocenters. The lowest BCUT2D eigenvalue weighted by Crippen LogP contribution is -2.42. The number of nitrogens with zero attached hydrogens (tertiary/aromatic N) is 4. The van der Waals surface area contributed by atoms with Crippen LogP contribution < -0.4 is 5.32 Å². The molecular weight excluding hydrogens is 358 g/mol. The van der Waals surface area contributed by atoms with Crippen LogP contribution >= 0.6 is 11.3 Å². The molecule has 1 amide bonds. The molecule has 2 aromatic heterocycles. The number of thiazole rings is 1. The SMILES string of the molecule is CCc1nc(CC(=O)NC(CC)C(c2ccc(C)cc2)n2cncn2)cs1. The minimum Gasteiger partial charge on any atom is -0.351 e. The summed E-state index contributed by atoms with van der Waals surface area (Å²) in [5, 5.41) is 10.5. The Hall–Kier alpha value is -2.54. The number of amides is 1. The predicted molar refractivity (Wildman–Crippen MR) is 107 cm³/mol. The molecule has 0 saturated carbocycles. The third-order valence-corrected chi connectivity index (χ3v) is 5.59. The molecule has 0 bridgehead atoms. The minimum absolute atomic E-state index is 0.0213. The highest BCUT2D eigenvalue weighted by Crippen LogP contribution is 2.24. The molecule has 1 aromatic carbocycles. The van der Waals surface area contributed by atoms with E-state index in [1.807, 2.05) is 10.1 Å². The van der Waals surface area contributed by atoms with Crippen LogP contribution in [0.3, 0.4) is 0 Å². The number of hydrogen-bond donors (Lipinski definition) is 1. The van der Waals surface area contributed by atoms with Crippen LogP contribution in [0.1, 0.15) is 48.1 Å². The maximum absolute atomic E-state index is 12.6. The van der Waals surface area contributed by atoms with Gasteiger partial charge in [-0.25, -0.2) is 14.6 Å². The zero-order chi connectivity index (χ0) is 19.2. The molecule has 0 fully saturated rings. The molecule has 0 aliphatic heterocycles. The predicted octanol–water partition coefficient (Wildman–Crippen LogP) is 3.33. The highest BCUT2D eigenvalue weighted by Gasteiger charge is 2.26. The maximum atomic E-state index is 12.6. The highest BCUT2D eigenvalue weighted by molar-refractivity contribution is 7.09. The molecular formula is C20H25N5OS. The van der Waals surface area contributed by atoms with Gasteiger partial charge in [-0.2, -0.15) is 5.10 Å². The summed E-state index contributed by atoms with van der Waals surface area (Å²) in [6.45, 7) is 6.20. The summed E-state index contributed by atoms with van der Waals surface area (Å²) >= 11 is 1.61. The van der Waals surface area contributed by atoms with Gasteiger partial charge in [0, 0.05) is 5.38 Å². The summed E-state index contributed by atoms with van der Waals surface area (Å²) in [6.07, 6.45) is 5.20. The molecule has 6 nitrogen and oxygen atoms in total. The lowest BCUT2D eigenvalue weighted by molar-refractivity contribution is -0.121. The van der Waals surface area contributed by atoms with Crippen molar-refractivity contribution < 1.29 is 4.79 Å². The van der Waals surface area contributed by atoms with Gasteiger partial charge in [0.2, 0.25) is 5.91 Å². The van der Waals surface area contributed by atoms with Gasteiger partial charge in [0.15, 0.2) is 0 Å². The number of carbonyl (C=O) groups excluding carboxylic acids is 1. The number of aromatic nitrogens is 4. The van der Waals surface area contributed by atoms with Crippen LogP contribution in [0, 0.1) is 6.92 Å². The number of rotatable bonds is 8. The molecule has 0 radical (unpaired) electrons. The first kappa shape index (κ1) is 19.2. The molecule has 7 heteroatoms. The summed E-state index contributed by atoms with van der Waals surface area (Å²) < 4.78 is 1.82.